The molecule has 1 aromatic heterocycles. The molecule has 2 atom stereocenters. The number of hydrogen-bond donors (Lipinski definition) is 1. The van der Waals surface area contributed by atoms with Crippen molar-refractivity contribution in [2.75, 3.05) is 13.2 Å². The van der Waals surface area contributed by atoms with Crippen LogP contribution in [0.2, 0.25) is 0 Å². The minimum Gasteiger partial charge on any atom is -0.373 e. The van der Waals surface area contributed by atoms with Crippen molar-refractivity contribution in [1.29, 1.82) is 0 Å². The van der Waals surface area contributed by atoms with Gasteiger partial charge in [-0.05, 0) is 38.1 Å². The van der Waals surface area contributed by atoms with Gasteiger partial charge in [0.1, 0.15) is 6.61 Å². The van der Waals surface area contributed by atoms with Crippen LogP contribution in [0.5, 0.6) is 0 Å². The van der Waals surface area contributed by atoms with Gasteiger partial charge in [-0.15, -0.1) is 0 Å². The van der Waals surface area contributed by atoms with Crippen molar-refractivity contribution in [1.82, 2.24) is 5.16 Å². The van der Waals surface area contributed by atoms with Gasteiger partial charge < -0.3 is 15.0 Å². The summed E-state index contributed by atoms with van der Waals surface area (Å²) >= 11 is 0. The molecule has 2 unspecified atom stereocenters. The van der Waals surface area contributed by atoms with E-state index in [9.17, 15) is 0 Å². The molecule has 0 aliphatic heterocycles. The summed E-state index contributed by atoms with van der Waals surface area (Å²) in [6.07, 6.45) is 5.13. The Balaban J connectivity index is 1.73. The van der Waals surface area contributed by atoms with E-state index < -0.39 is 0 Å². The van der Waals surface area contributed by atoms with Crippen molar-refractivity contribution in [2.45, 2.75) is 39.2 Å². The van der Waals surface area contributed by atoms with E-state index in [1.54, 1.807) is 0 Å². The summed E-state index contributed by atoms with van der Waals surface area (Å²) in [6.45, 7) is 4.02. The van der Waals surface area contributed by atoms with Crippen LogP contribution in [0, 0.1) is 18.8 Å². The number of ether oxygens (including phenoxy) is 1. The molecule has 2 N–H and O–H groups in total. The van der Waals surface area contributed by atoms with E-state index in [1.807, 2.05) is 13.0 Å². The fourth-order valence-electron chi connectivity index (χ4n) is 2.61. The molecule has 0 saturated heterocycles. The van der Waals surface area contributed by atoms with Crippen LogP contribution in [-0.2, 0) is 11.3 Å². The second-order valence-electron chi connectivity index (χ2n) is 4.99. The first kappa shape index (κ1) is 12.6. The Bertz CT molecular complexity index is 338. The lowest BCUT2D eigenvalue weighted by Gasteiger charge is -2.30. The molecule has 1 aliphatic carbocycles. The van der Waals surface area contributed by atoms with Gasteiger partial charge in [-0.2, -0.15) is 0 Å². The van der Waals surface area contributed by atoms with E-state index >= 15 is 0 Å². The van der Waals surface area contributed by atoms with E-state index in [1.165, 1.54) is 25.7 Å². The Labute approximate surface area is 102 Å². The van der Waals surface area contributed by atoms with E-state index in [0.29, 0.717) is 18.4 Å². The first-order chi connectivity index (χ1) is 8.29. The second-order valence-corrected chi connectivity index (χ2v) is 4.99. The number of nitrogens with zero attached hydrogens (tertiary/aromatic N) is 1. The van der Waals surface area contributed by atoms with Crippen molar-refractivity contribution in [3.05, 3.63) is 17.5 Å². The monoisotopic (exact) mass is 238 g/mol. The fraction of sp³-hybridized carbons (Fsp3) is 0.769. The van der Waals surface area contributed by atoms with Gasteiger partial charge in [-0.3, -0.25) is 0 Å². The number of rotatable bonds is 5. The normalized spacial score (nSPS) is 25.1. The Hall–Kier alpha value is -0.870. The molecule has 4 heteroatoms. The Kier molecular flexibility index (Phi) is 4.57. The van der Waals surface area contributed by atoms with E-state index in [2.05, 4.69) is 5.16 Å². The molecule has 1 aromatic rings. The average molecular weight is 238 g/mol. The largest absolute Gasteiger partial charge is 0.373 e. The first-order valence-corrected chi connectivity index (χ1v) is 6.49. The molecule has 1 fully saturated rings. The predicted octanol–water partition coefficient (Wildman–Crippen LogP) is 2.26. The summed E-state index contributed by atoms with van der Waals surface area (Å²) in [5.41, 5.74) is 6.70. The van der Waals surface area contributed by atoms with Crippen LogP contribution >= 0.6 is 0 Å². The van der Waals surface area contributed by atoms with Crippen molar-refractivity contribution in [3.8, 4) is 0 Å². The van der Waals surface area contributed by atoms with Gasteiger partial charge in [0.25, 0.3) is 0 Å². The number of aromatic nitrogens is 1. The van der Waals surface area contributed by atoms with Gasteiger partial charge in [-0.25, -0.2) is 0 Å². The summed E-state index contributed by atoms with van der Waals surface area (Å²) in [7, 11) is 0. The van der Waals surface area contributed by atoms with Gasteiger partial charge >= 0.3 is 0 Å². The summed E-state index contributed by atoms with van der Waals surface area (Å²) in [6, 6.07) is 1.92. The molecule has 1 heterocycles. The third-order valence-corrected chi connectivity index (χ3v) is 3.62. The standard InChI is InChI=1S/C13H22N2O2/c1-10-6-13(17-15-10)9-16-8-12-5-3-2-4-11(12)7-14/h6,11-12H,2-5,7-9,14H2,1H3. The minimum atomic E-state index is 0.522. The van der Waals surface area contributed by atoms with Crippen molar-refractivity contribution in [3.63, 3.8) is 0 Å². The maximum Gasteiger partial charge on any atom is 0.162 e. The molecule has 0 spiro atoms. The van der Waals surface area contributed by atoms with Gasteiger partial charge in [0.05, 0.1) is 12.3 Å². The van der Waals surface area contributed by atoms with Gasteiger partial charge in [0.2, 0.25) is 0 Å². The predicted molar refractivity (Wildman–Crippen MR) is 65.4 cm³/mol. The zero-order chi connectivity index (χ0) is 12.1. The highest BCUT2D eigenvalue weighted by Gasteiger charge is 2.23. The molecule has 0 amide bonds. The third kappa shape index (κ3) is 3.54. The molecule has 2 rings (SSSR count). The number of aryl methyl sites for hydroxylation is 1. The van der Waals surface area contributed by atoms with Crippen LogP contribution in [0.15, 0.2) is 10.6 Å². The molecule has 1 saturated carbocycles. The summed E-state index contributed by atoms with van der Waals surface area (Å²) in [5.74, 6) is 2.07. The Morgan fingerprint density at radius 1 is 1.41 bits per heavy atom. The van der Waals surface area contributed by atoms with Crippen LogP contribution < -0.4 is 5.73 Å². The summed E-state index contributed by atoms with van der Waals surface area (Å²) in [4.78, 5) is 0. The molecule has 0 aromatic carbocycles. The van der Waals surface area contributed by atoms with E-state index in [-0.39, 0.29) is 0 Å². The SMILES string of the molecule is Cc1cc(COCC2CCCCC2CN)on1. The molecule has 0 bridgehead atoms. The molecule has 4 nitrogen and oxygen atoms in total. The van der Waals surface area contributed by atoms with Gasteiger partial charge in [-0.1, -0.05) is 18.0 Å². The smallest absolute Gasteiger partial charge is 0.162 e. The lowest BCUT2D eigenvalue weighted by molar-refractivity contribution is 0.0408. The summed E-state index contributed by atoms with van der Waals surface area (Å²) in [5, 5.41) is 3.84. The van der Waals surface area contributed by atoms with E-state index in [4.69, 9.17) is 15.0 Å². The van der Waals surface area contributed by atoms with Crippen molar-refractivity contribution < 1.29 is 9.26 Å². The quantitative estimate of drug-likeness (QED) is 0.854. The molecular formula is C13H22N2O2. The number of hydrogen-bond acceptors (Lipinski definition) is 4. The average Bonchev–Trinajstić information content (AvgIpc) is 2.76. The van der Waals surface area contributed by atoms with Crippen LogP contribution in [0.3, 0.4) is 0 Å². The lowest BCUT2D eigenvalue weighted by atomic mass is 9.80. The molecule has 1 aliphatic rings. The topological polar surface area (TPSA) is 61.3 Å². The van der Waals surface area contributed by atoms with Crippen LogP contribution in [-0.4, -0.2) is 18.3 Å². The summed E-state index contributed by atoms with van der Waals surface area (Å²) < 4.78 is 10.8. The third-order valence-electron chi connectivity index (χ3n) is 3.62. The molecule has 96 valence electrons. The van der Waals surface area contributed by atoms with Crippen LogP contribution in [0.25, 0.3) is 0 Å². The van der Waals surface area contributed by atoms with Crippen molar-refractivity contribution >= 4 is 0 Å². The molecular weight excluding hydrogens is 216 g/mol. The maximum absolute atomic E-state index is 5.80. The highest BCUT2D eigenvalue weighted by Crippen LogP contribution is 2.29. The Morgan fingerprint density at radius 3 is 2.82 bits per heavy atom. The first-order valence-electron chi connectivity index (χ1n) is 6.49. The zero-order valence-electron chi connectivity index (χ0n) is 10.5. The highest BCUT2D eigenvalue weighted by molar-refractivity contribution is 5.01. The van der Waals surface area contributed by atoms with Gasteiger partial charge in [0, 0.05) is 6.07 Å². The zero-order valence-corrected chi connectivity index (χ0v) is 10.5. The highest BCUT2D eigenvalue weighted by atomic mass is 16.5. The van der Waals surface area contributed by atoms with E-state index in [0.717, 1.165) is 24.6 Å². The maximum atomic E-state index is 5.80. The number of nitrogens with two attached hydrogens (primary N) is 1. The fourth-order valence-corrected chi connectivity index (χ4v) is 2.61. The minimum absolute atomic E-state index is 0.522. The Morgan fingerprint density at radius 2 is 2.18 bits per heavy atom. The molecule has 0 radical (unpaired) electrons. The van der Waals surface area contributed by atoms with Gasteiger partial charge in [0.15, 0.2) is 5.76 Å². The van der Waals surface area contributed by atoms with Crippen LogP contribution in [0.4, 0.5) is 0 Å². The van der Waals surface area contributed by atoms with Crippen LogP contribution in [0.1, 0.15) is 37.1 Å². The molecule has 17 heavy (non-hydrogen) atoms. The second kappa shape index (κ2) is 6.17. The lowest BCUT2D eigenvalue weighted by Crippen LogP contribution is -2.29. The van der Waals surface area contributed by atoms with Crippen molar-refractivity contribution in [2.24, 2.45) is 17.6 Å².